The summed E-state index contributed by atoms with van der Waals surface area (Å²) in [6.07, 6.45) is 4.21. The molecule has 4 heterocycles. The SMILES string of the molecule is Cc1cc2c(cc1C(C)(O)N1CCc3ccc(O)cc3C1)[nH]c(=O)c1cnc(C3CCOCC3)n12. The first-order valence-electron chi connectivity index (χ1n) is 12.2. The first-order valence-corrected chi connectivity index (χ1v) is 12.2. The molecule has 8 heteroatoms. The predicted octanol–water partition coefficient (Wildman–Crippen LogP) is 3.31. The summed E-state index contributed by atoms with van der Waals surface area (Å²) in [5, 5.41) is 21.7. The van der Waals surface area contributed by atoms with E-state index in [1.807, 2.05) is 34.4 Å². The van der Waals surface area contributed by atoms with Crippen LogP contribution in [-0.4, -0.2) is 49.2 Å². The van der Waals surface area contributed by atoms with Crippen LogP contribution < -0.4 is 5.56 Å². The van der Waals surface area contributed by atoms with Gasteiger partial charge in [-0.25, -0.2) is 4.98 Å². The van der Waals surface area contributed by atoms with Crippen molar-refractivity contribution in [3.8, 4) is 5.75 Å². The van der Waals surface area contributed by atoms with Crippen LogP contribution in [0, 0.1) is 6.92 Å². The lowest BCUT2D eigenvalue weighted by Gasteiger charge is -2.41. The number of aryl methyl sites for hydroxylation is 1. The Morgan fingerprint density at radius 3 is 2.74 bits per heavy atom. The normalized spacial score (nSPS) is 19.2. The molecule has 4 aromatic rings. The van der Waals surface area contributed by atoms with E-state index in [-0.39, 0.29) is 17.2 Å². The van der Waals surface area contributed by atoms with E-state index in [0.29, 0.717) is 37.3 Å². The molecule has 1 atom stereocenters. The molecule has 2 aromatic heterocycles. The smallest absolute Gasteiger partial charge is 0.274 e. The maximum atomic E-state index is 13.0. The second-order valence-corrected chi connectivity index (χ2v) is 10.0. The van der Waals surface area contributed by atoms with Crippen LogP contribution in [0.2, 0.25) is 0 Å². The maximum Gasteiger partial charge on any atom is 0.274 e. The highest BCUT2D eigenvalue weighted by Crippen LogP contribution is 2.36. The van der Waals surface area contributed by atoms with Crippen molar-refractivity contribution in [2.24, 2.45) is 0 Å². The van der Waals surface area contributed by atoms with Crippen LogP contribution in [0.15, 0.2) is 41.3 Å². The van der Waals surface area contributed by atoms with Crippen LogP contribution in [-0.2, 0) is 23.4 Å². The number of aromatic nitrogens is 3. The second-order valence-electron chi connectivity index (χ2n) is 10.0. The van der Waals surface area contributed by atoms with Gasteiger partial charge < -0.3 is 19.9 Å². The number of phenolic OH excluding ortho intramolecular Hbond substituents is 1. The lowest BCUT2D eigenvalue weighted by molar-refractivity contribution is -0.109. The van der Waals surface area contributed by atoms with Gasteiger partial charge in [0.15, 0.2) is 0 Å². The Balaban J connectivity index is 1.45. The third-order valence-electron chi connectivity index (χ3n) is 7.77. The fourth-order valence-electron chi connectivity index (χ4n) is 5.78. The zero-order valence-electron chi connectivity index (χ0n) is 20.0. The Labute approximate surface area is 202 Å². The minimum atomic E-state index is -1.26. The molecular weight excluding hydrogens is 444 g/mol. The Kier molecular flexibility index (Phi) is 5.21. The lowest BCUT2D eigenvalue weighted by atomic mass is 9.92. The monoisotopic (exact) mass is 474 g/mol. The van der Waals surface area contributed by atoms with E-state index in [2.05, 4.69) is 9.97 Å². The number of imidazole rings is 1. The number of benzene rings is 2. The predicted molar refractivity (Wildman–Crippen MR) is 133 cm³/mol. The minimum absolute atomic E-state index is 0.194. The van der Waals surface area contributed by atoms with Crippen molar-refractivity contribution in [1.82, 2.24) is 19.3 Å². The highest BCUT2D eigenvalue weighted by atomic mass is 16.5. The number of phenols is 1. The van der Waals surface area contributed by atoms with Gasteiger partial charge in [0.05, 0.1) is 17.2 Å². The number of nitrogens with zero attached hydrogens (tertiary/aromatic N) is 3. The van der Waals surface area contributed by atoms with Crippen LogP contribution in [0.25, 0.3) is 16.6 Å². The van der Waals surface area contributed by atoms with Gasteiger partial charge in [-0.1, -0.05) is 6.07 Å². The number of aromatic hydroxyl groups is 1. The van der Waals surface area contributed by atoms with Gasteiger partial charge in [-0.05, 0) is 74.1 Å². The number of aromatic amines is 1. The fraction of sp³-hybridized carbons (Fsp3) is 0.407. The number of hydrogen-bond donors (Lipinski definition) is 3. The third kappa shape index (κ3) is 3.64. The van der Waals surface area contributed by atoms with Gasteiger partial charge in [0.25, 0.3) is 5.56 Å². The van der Waals surface area contributed by atoms with E-state index in [0.717, 1.165) is 47.3 Å². The summed E-state index contributed by atoms with van der Waals surface area (Å²) < 4.78 is 7.51. The van der Waals surface area contributed by atoms with E-state index in [1.165, 1.54) is 5.56 Å². The summed E-state index contributed by atoms with van der Waals surface area (Å²) in [4.78, 5) is 22.6. The van der Waals surface area contributed by atoms with E-state index < -0.39 is 5.72 Å². The quantitative estimate of drug-likeness (QED) is 0.421. The van der Waals surface area contributed by atoms with Crippen molar-refractivity contribution in [2.45, 2.75) is 51.3 Å². The van der Waals surface area contributed by atoms with Gasteiger partial charge in [-0.3, -0.25) is 14.1 Å². The van der Waals surface area contributed by atoms with Crippen molar-refractivity contribution in [3.63, 3.8) is 0 Å². The van der Waals surface area contributed by atoms with Crippen molar-refractivity contribution in [3.05, 3.63) is 75.0 Å². The highest BCUT2D eigenvalue weighted by Gasteiger charge is 2.35. The largest absolute Gasteiger partial charge is 0.508 e. The van der Waals surface area contributed by atoms with Gasteiger partial charge in [0.1, 0.15) is 22.8 Å². The molecule has 2 aliphatic heterocycles. The number of rotatable bonds is 3. The molecule has 2 aromatic carbocycles. The minimum Gasteiger partial charge on any atom is -0.508 e. The standard InChI is InChI=1S/C27H30N4O4/c1-16-11-23-22(29-26(33)24-14-28-25(31(23)24)18-6-9-35-10-7-18)13-21(16)27(2,34)30-8-5-17-3-4-20(32)12-19(17)15-30/h3-4,11-14,18,32,34H,5-10,15H2,1-2H3,(H,29,33). The Morgan fingerprint density at radius 1 is 1.14 bits per heavy atom. The van der Waals surface area contributed by atoms with Crippen molar-refractivity contribution < 1.29 is 14.9 Å². The Bertz CT molecular complexity index is 1500. The van der Waals surface area contributed by atoms with Crippen molar-refractivity contribution in [2.75, 3.05) is 19.8 Å². The molecule has 0 amide bonds. The summed E-state index contributed by atoms with van der Waals surface area (Å²) in [5.74, 6) is 1.37. The van der Waals surface area contributed by atoms with Crippen LogP contribution in [0.4, 0.5) is 0 Å². The molecule has 1 saturated heterocycles. The van der Waals surface area contributed by atoms with Gasteiger partial charge in [-0.2, -0.15) is 0 Å². The molecule has 0 saturated carbocycles. The van der Waals surface area contributed by atoms with Crippen LogP contribution in [0.1, 0.15) is 53.8 Å². The van der Waals surface area contributed by atoms with Crippen LogP contribution >= 0.6 is 0 Å². The van der Waals surface area contributed by atoms with E-state index >= 15 is 0 Å². The van der Waals surface area contributed by atoms with E-state index in [4.69, 9.17) is 4.74 Å². The number of ether oxygens (including phenoxy) is 1. The number of fused-ring (bicyclic) bond motifs is 4. The molecule has 6 rings (SSSR count). The van der Waals surface area contributed by atoms with Gasteiger partial charge in [0, 0.05) is 37.8 Å². The molecule has 0 aliphatic carbocycles. The number of nitrogens with one attached hydrogen (secondary N) is 1. The second kappa shape index (κ2) is 8.19. The molecule has 182 valence electrons. The summed E-state index contributed by atoms with van der Waals surface area (Å²) in [7, 11) is 0. The van der Waals surface area contributed by atoms with E-state index in [9.17, 15) is 15.0 Å². The average molecular weight is 475 g/mol. The van der Waals surface area contributed by atoms with E-state index in [1.54, 1.807) is 25.3 Å². The number of hydrogen-bond acceptors (Lipinski definition) is 6. The zero-order valence-corrected chi connectivity index (χ0v) is 20.0. The Hall–Kier alpha value is -3.20. The summed E-state index contributed by atoms with van der Waals surface area (Å²) in [6.45, 7) is 6.41. The van der Waals surface area contributed by atoms with Crippen molar-refractivity contribution >= 4 is 16.6 Å². The zero-order chi connectivity index (χ0) is 24.3. The number of H-pyrrole nitrogens is 1. The summed E-state index contributed by atoms with van der Waals surface area (Å²) >= 11 is 0. The number of aliphatic hydroxyl groups is 1. The Morgan fingerprint density at radius 2 is 1.94 bits per heavy atom. The van der Waals surface area contributed by atoms with Crippen molar-refractivity contribution in [1.29, 1.82) is 0 Å². The maximum absolute atomic E-state index is 13.0. The average Bonchev–Trinajstić information content (AvgIpc) is 3.30. The van der Waals surface area contributed by atoms with Gasteiger partial charge >= 0.3 is 0 Å². The summed E-state index contributed by atoms with van der Waals surface area (Å²) in [6, 6.07) is 9.38. The molecule has 8 nitrogen and oxygen atoms in total. The topological polar surface area (TPSA) is 103 Å². The molecule has 0 spiro atoms. The van der Waals surface area contributed by atoms with Crippen LogP contribution in [0.5, 0.6) is 5.75 Å². The molecule has 0 radical (unpaired) electrons. The molecule has 3 N–H and O–H groups in total. The summed E-state index contributed by atoms with van der Waals surface area (Å²) in [5.41, 5.74) is 4.52. The lowest BCUT2D eigenvalue weighted by Crippen LogP contribution is -2.46. The third-order valence-corrected chi connectivity index (χ3v) is 7.77. The fourth-order valence-corrected chi connectivity index (χ4v) is 5.78. The molecular formula is C27H30N4O4. The van der Waals surface area contributed by atoms with Gasteiger partial charge in [0.2, 0.25) is 0 Å². The first-order chi connectivity index (χ1) is 16.8. The van der Waals surface area contributed by atoms with Gasteiger partial charge in [-0.15, -0.1) is 0 Å². The molecule has 35 heavy (non-hydrogen) atoms. The molecule has 1 fully saturated rings. The van der Waals surface area contributed by atoms with Crippen LogP contribution in [0.3, 0.4) is 0 Å². The molecule has 0 bridgehead atoms. The molecule has 2 aliphatic rings. The first kappa shape index (κ1) is 22.3. The highest BCUT2D eigenvalue weighted by molar-refractivity contribution is 5.80. The molecule has 1 unspecified atom stereocenters.